The minimum Gasteiger partial charge on any atom is -0.368 e. The third-order valence-electron chi connectivity index (χ3n) is 1.32. The zero-order chi connectivity index (χ0) is 8.69. The molecule has 0 aromatic carbocycles. The molecule has 0 saturated heterocycles. The molecule has 0 aromatic heterocycles. The van der Waals surface area contributed by atoms with Crippen molar-refractivity contribution in [2.24, 2.45) is 0 Å². The molecular formula is C7H16N2O2. The van der Waals surface area contributed by atoms with E-state index in [1.165, 1.54) is 0 Å². The van der Waals surface area contributed by atoms with Gasteiger partial charge in [0.1, 0.15) is 6.73 Å². The van der Waals surface area contributed by atoms with Gasteiger partial charge in [-0.15, -0.1) is 0 Å². The summed E-state index contributed by atoms with van der Waals surface area (Å²) in [4.78, 5) is 11.1. The van der Waals surface area contributed by atoms with Crippen molar-refractivity contribution >= 4 is 5.91 Å². The lowest BCUT2D eigenvalue weighted by Crippen LogP contribution is -2.43. The van der Waals surface area contributed by atoms with Crippen LogP contribution >= 0.6 is 0 Å². The van der Waals surface area contributed by atoms with Crippen LogP contribution in [0, 0.1) is 0 Å². The molecule has 0 aliphatic heterocycles. The Morgan fingerprint density at radius 2 is 2.18 bits per heavy atom. The number of methoxy groups -OCH3 is 1. The van der Waals surface area contributed by atoms with Crippen LogP contribution < -0.4 is 5.43 Å². The van der Waals surface area contributed by atoms with E-state index in [9.17, 15) is 4.79 Å². The molecule has 0 unspecified atom stereocenters. The van der Waals surface area contributed by atoms with Gasteiger partial charge in [-0.2, -0.15) is 0 Å². The lowest BCUT2D eigenvalue weighted by Gasteiger charge is -2.20. The number of ether oxygens (including phenoxy) is 1. The summed E-state index contributed by atoms with van der Waals surface area (Å²) >= 11 is 0. The summed E-state index contributed by atoms with van der Waals surface area (Å²) in [5.74, 6) is 0.0875. The molecule has 0 aliphatic carbocycles. The number of amides is 1. The topological polar surface area (TPSA) is 41.6 Å². The predicted octanol–water partition coefficient (Wildman–Crippen LogP) is 0.353. The summed E-state index contributed by atoms with van der Waals surface area (Å²) in [6, 6.07) is 0. The number of carbonyl (C=O) groups excluding carboxylic acids is 1. The minimum atomic E-state index is 0.0875. The summed E-state index contributed by atoms with van der Waals surface area (Å²) in [6.07, 6.45) is 0.518. The van der Waals surface area contributed by atoms with Gasteiger partial charge in [0.25, 0.3) is 0 Å². The van der Waals surface area contributed by atoms with Crippen molar-refractivity contribution in [1.29, 1.82) is 0 Å². The molecule has 0 atom stereocenters. The molecule has 66 valence electrons. The summed E-state index contributed by atoms with van der Waals surface area (Å²) in [7, 11) is 1.58. The van der Waals surface area contributed by atoms with Gasteiger partial charge in [-0.1, -0.05) is 6.92 Å². The van der Waals surface area contributed by atoms with Crippen molar-refractivity contribution in [3.05, 3.63) is 0 Å². The average Bonchev–Trinajstić information content (AvgIpc) is 2.05. The first-order chi connectivity index (χ1) is 5.26. The molecule has 4 nitrogen and oxygen atoms in total. The Balaban J connectivity index is 3.65. The Kier molecular flexibility index (Phi) is 5.78. The highest BCUT2D eigenvalue weighted by Gasteiger charge is 2.06. The van der Waals surface area contributed by atoms with E-state index in [1.54, 1.807) is 12.1 Å². The van der Waals surface area contributed by atoms with Crippen molar-refractivity contribution in [3.63, 3.8) is 0 Å². The molecule has 0 heterocycles. The van der Waals surface area contributed by atoms with Gasteiger partial charge in [-0.3, -0.25) is 9.80 Å². The Morgan fingerprint density at radius 3 is 2.55 bits per heavy atom. The lowest BCUT2D eigenvalue weighted by molar-refractivity contribution is -0.135. The molecule has 0 aliphatic rings. The van der Waals surface area contributed by atoms with Crippen LogP contribution in [0.4, 0.5) is 0 Å². The molecule has 0 radical (unpaired) electrons. The van der Waals surface area contributed by atoms with Crippen LogP contribution in [0.1, 0.15) is 20.3 Å². The van der Waals surface area contributed by atoms with Gasteiger partial charge >= 0.3 is 0 Å². The van der Waals surface area contributed by atoms with E-state index < -0.39 is 0 Å². The normalized spacial score (nSPS) is 9.73. The fourth-order valence-corrected chi connectivity index (χ4v) is 0.710. The number of hydrogen-bond donors (Lipinski definition) is 1. The Morgan fingerprint density at radius 1 is 1.55 bits per heavy atom. The van der Waals surface area contributed by atoms with Gasteiger partial charge in [0.05, 0.1) is 0 Å². The second kappa shape index (κ2) is 6.12. The molecule has 11 heavy (non-hydrogen) atoms. The third-order valence-corrected chi connectivity index (χ3v) is 1.32. The second-order valence-electron chi connectivity index (χ2n) is 2.08. The van der Waals surface area contributed by atoms with E-state index in [-0.39, 0.29) is 5.91 Å². The number of rotatable bonds is 5. The molecular weight excluding hydrogens is 144 g/mol. The smallest absolute Gasteiger partial charge is 0.236 e. The molecule has 0 saturated carbocycles. The number of hydrazine groups is 1. The van der Waals surface area contributed by atoms with Gasteiger partial charge in [-0.25, -0.2) is 5.43 Å². The first-order valence-corrected chi connectivity index (χ1v) is 3.79. The summed E-state index contributed by atoms with van der Waals surface area (Å²) in [5, 5.41) is 1.55. The predicted molar refractivity (Wildman–Crippen MR) is 42.7 cm³/mol. The maximum absolute atomic E-state index is 11.1. The quantitative estimate of drug-likeness (QED) is 0.466. The number of nitrogens with zero attached hydrogens (tertiary/aromatic N) is 1. The van der Waals surface area contributed by atoms with Crippen molar-refractivity contribution in [3.8, 4) is 0 Å². The Labute approximate surface area is 67.5 Å². The van der Waals surface area contributed by atoms with Gasteiger partial charge in [0, 0.05) is 20.1 Å². The fraction of sp³-hybridized carbons (Fsp3) is 0.857. The molecule has 0 spiro atoms. The van der Waals surface area contributed by atoms with Crippen LogP contribution in [-0.2, 0) is 9.53 Å². The van der Waals surface area contributed by atoms with Gasteiger partial charge in [0.15, 0.2) is 0 Å². The molecule has 0 bridgehead atoms. The zero-order valence-corrected chi connectivity index (χ0v) is 7.39. The zero-order valence-electron chi connectivity index (χ0n) is 7.39. The molecule has 0 aromatic rings. The average molecular weight is 160 g/mol. The first kappa shape index (κ1) is 10.4. The summed E-state index contributed by atoms with van der Waals surface area (Å²) in [6.45, 7) is 4.78. The van der Waals surface area contributed by atoms with Crippen LogP contribution in [0.25, 0.3) is 0 Å². The summed E-state index contributed by atoms with van der Waals surface area (Å²) in [5.41, 5.74) is 2.83. The lowest BCUT2D eigenvalue weighted by atomic mass is 10.4. The Bertz CT molecular complexity index is 117. The molecule has 4 heteroatoms. The van der Waals surface area contributed by atoms with E-state index in [0.29, 0.717) is 19.7 Å². The van der Waals surface area contributed by atoms with E-state index >= 15 is 0 Å². The standard InChI is InChI=1S/C7H16N2O2/c1-4-7(10)9(5-2)8-6-11-3/h8H,4-6H2,1-3H3. The molecule has 0 fully saturated rings. The third kappa shape index (κ3) is 3.95. The van der Waals surface area contributed by atoms with Crippen molar-refractivity contribution in [2.45, 2.75) is 20.3 Å². The van der Waals surface area contributed by atoms with Gasteiger partial charge < -0.3 is 4.74 Å². The highest BCUT2D eigenvalue weighted by molar-refractivity contribution is 5.75. The van der Waals surface area contributed by atoms with Crippen molar-refractivity contribution < 1.29 is 9.53 Å². The largest absolute Gasteiger partial charge is 0.368 e. The maximum Gasteiger partial charge on any atom is 0.236 e. The van der Waals surface area contributed by atoms with Crippen LogP contribution in [-0.4, -0.2) is 31.3 Å². The molecule has 1 N–H and O–H groups in total. The van der Waals surface area contributed by atoms with Crippen molar-refractivity contribution in [1.82, 2.24) is 10.4 Å². The van der Waals surface area contributed by atoms with E-state index in [4.69, 9.17) is 4.74 Å². The van der Waals surface area contributed by atoms with Gasteiger partial charge in [-0.05, 0) is 6.92 Å². The number of nitrogens with one attached hydrogen (secondary N) is 1. The first-order valence-electron chi connectivity index (χ1n) is 3.79. The highest BCUT2D eigenvalue weighted by atomic mass is 16.5. The number of carbonyl (C=O) groups is 1. The van der Waals surface area contributed by atoms with Crippen LogP contribution in [0.2, 0.25) is 0 Å². The highest BCUT2D eigenvalue weighted by Crippen LogP contribution is 1.87. The van der Waals surface area contributed by atoms with Crippen LogP contribution in [0.3, 0.4) is 0 Å². The van der Waals surface area contributed by atoms with Gasteiger partial charge in [0.2, 0.25) is 5.91 Å². The van der Waals surface area contributed by atoms with E-state index in [1.807, 2.05) is 13.8 Å². The monoisotopic (exact) mass is 160 g/mol. The molecule has 0 rings (SSSR count). The molecule has 1 amide bonds. The maximum atomic E-state index is 11.1. The van der Waals surface area contributed by atoms with Crippen molar-refractivity contribution in [2.75, 3.05) is 20.4 Å². The fourth-order valence-electron chi connectivity index (χ4n) is 0.710. The second-order valence-corrected chi connectivity index (χ2v) is 2.08. The van der Waals surface area contributed by atoms with E-state index in [2.05, 4.69) is 5.43 Å². The minimum absolute atomic E-state index is 0.0875. The SMILES string of the molecule is CCC(=O)N(CC)NCOC. The van der Waals surface area contributed by atoms with Crippen LogP contribution in [0.15, 0.2) is 0 Å². The number of hydrogen-bond acceptors (Lipinski definition) is 3. The summed E-state index contributed by atoms with van der Waals surface area (Å²) < 4.78 is 4.76. The van der Waals surface area contributed by atoms with E-state index in [0.717, 1.165) is 0 Å². The van der Waals surface area contributed by atoms with Crippen LogP contribution in [0.5, 0.6) is 0 Å². The Hall–Kier alpha value is -0.610.